The fourth-order valence-corrected chi connectivity index (χ4v) is 4.28. The minimum atomic E-state index is -0.894. The van der Waals surface area contributed by atoms with Crippen LogP contribution in [0.4, 0.5) is 10.5 Å². The van der Waals surface area contributed by atoms with Crippen LogP contribution in [0.5, 0.6) is 5.75 Å². The second kappa shape index (κ2) is 15.1. The average molecular weight is 540 g/mol. The van der Waals surface area contributed by atoms with Crippen LogP contribution in [0.15, 0.2) is 48.5 Å². The Morgan fingerprint density at radius 3 is 2.18 bits per heavy atom. The van der Waals surface area contributed by atoms with E-state index in [2.05, 4.69) is 17.6 Å². The van der Waals surface area contributed by atoms with Crippen molar-refractivity contribution in [1.82, 2.24) is 10.2 Å². The molecule has 8 nitrogen and oxygen atoms in total. The maximum atomic E-state index is 13.9. The molecule has 0 aliphatic carbocycles. The number of alkyl carbamates (subject to hydrolysis) is 1. The van der Waals surface area contributed by atoms with Crippen molar-refractivity contribution in [1.29, 1.82) is 0 Å². The number of methoxy groups -OCH3 is 1. The summed E-state index contributed by atoms with van der Waals surface area (Å²) >= 11 is 0. The minimum Gasteiger partial charge on any atom is -0.497 e. The molecule has 39 heavy (non-hydrogen) atoms. The molecular formula is C31H45N3O5. The van der Waals surface area contributed by atoms with Crippen LogP contribution >= 0.6 is 0 Å². The Hall–Kier alpha value is -3.55. The fraction of sp³-hybridized carbons (Fsp3) is 0.516. The van der Waals surface area contributed by atoms with Crippen molar-refractivity contribution in [2.75, 3.05) is 19.0 Å². The van der Waals surface area contributed by atoms with Crippen LogP contribution in [0.1, 0.15) is 83.9 Å². The average Bonchev–Trinajstić information content (AvgIpc) is 2.87. The number of nitrogens with one attached hydrogen (secondary N) is 2. The van der Waals surface area contributed by atoms with Gasteiger partial charge in [0.05, 0.1) is 7.11 Å². The highest BCUT2D eigenvalue weighted by atomic mass is 16.6. The molecule has 0 radical (unpaired) electrons. The Morgan fingerprint density at radius 1 is 0.949 bits per heavy atom. The summed E-state index contributed by atoms with van der Waals surface area (Å²) < 4.78 is 10.6. The van der Waals surface area contributed by atoms with Crippen LogP contribution in [0.25, 0.3) is 0 Å². The Balaban J connectivity index is 2.41. The van der Waals surface area contributed by atoms with Gasteiger partial charge in [-0.3, -0.25) is 9.59 Å². The lowest BCUT2D eigenvalue weighted by molar-refractivity contribution is -0.140. The number of nitrogens with zero attached hydrogens (tertiary/aromatic N) is 1. The standard InChI is InChI=1S/C31H45N3O5/c1-8-9-10-11-14-21-34(29(36)23(3)32-30(37)39-31(4,5)6)27(26-16-13-12-15-22(26)2)28(35)33-24-17-19-25(38-7)20-18-24/h12-13,15-20,23,27H,8-11,14,21H2,1-7H3,(H,32,37)(H,33,35). The molecule has 0 saturated heterocycles. The maximum Gasteiger partial charge on any atom is 0.408 e. The minimum absolute atomic E-state index is 0.333. The highest BCUT2D eigenvalue weighted by molar-refractivity contribution is 5.99. The van der Waals surface area contributed by atoms with Gasteiger partial charge < -0.3 is 25.0 Å². The van der Waals surface area contributed by atoms with Gasteiger partial charge in [-0.2, -0.15) is 0 Å². The molecule has 0 aliphatic heterocycles. The molecule has 2 rings (SSSR count). The first-order valence-corrected chi connectivity index (χ1v) is 13.8. The number of anilines is 1. The zero-order valence-electron chi connectivity index (χ0n) is 24.5. The van der Waals surface area contributed by atoms with E-state index >= 15 is 0 Å². The van der Waals surface area contributed by atoms with E-state index in [4.69, 9.17) is 9.47 Å². The highest BCUT2D eigenvalue weighted by Gasteiger charge is 2.35. The molecule has 0 aromatic heterocycles. The number of carbonyl (C=O) groups is 3. The zero-order valence-corrected chi connectivity index (χ0v) is 24.5. The first kappa shape index (κ1) is 31.7. The van der Waals surface area contributed by atoms with Crippen LogP contribution < -0.4 is 15.4 Å². The van der Waals surface area contributed by atoms with Crippen LogP contribution in [0.3, 0.4) is 0 Å². The summed E-state index contributed by atoms with van der Waals surface area (Å²) in [7, 11) is 1.58. The molecule has 2 unspecified atom stereocenters. The number of rotatable bonds is 13. The third-order valence-electron chi connectivity index (χ3n) is 6.29. The summed E-state index contributed by atoms with van der Waals surface area (Å²) in [6.45, 7) is 11.4. The molecule has 214 valence electrons. The number of unbranched alkanes of at least 4 members (excludes halogenated alkanes) is 4. The number of hydrogen-bond acceptors (Lipinski definition) is 5. The lowest BCUT2D eigenvalue weighted by atomic mass is 9.97. The third kappa shape index (κ3) is 10.3. The van der Waals surface area contributed by atoms with Gasteiger partial charge in [0, 0.05) is 12.2 Å². The number of amides is 3. The molecule has 0 fully saturated rings. The monoisotopic (exact) mass is 539 g/mol. The Kier molecular flexibility index (Phi) is 12.3. The van der Waals surface area contributed by atoms with E-state index in [0.29, 0.717) is 18.0 Å². The molecular weight excluding hydrogens is 494 g/mol. The van der Waals surface area contributed by atoms with Gasteiger partial charge in [-0.25, -0.2) is 4.79 Å². The van der Waals surface area contributed by atoms with Crippen LogP contribution in [-0.4, -0.2) is 48.1 Å². The predicted molar refractivity (Wildman–Crippen MR) is 155 cm³/mol. The first-order valence-electron chi connectivity index (χ1n) is 13.8. The smallest absolute Gasteiger partial charge is 0.408 e. The van der Waals surface area contributed by atoms with Gasteiger partial charge in [-0.05, 0) is 76.4 Å². The number of aryl methyl sites for hydroxylation is 1. The highest BCUT2D eigenvalue weighted by Crippen LogP contribution is 2.28. The van der Waals surface area contributed by atoms with Crippen molar-refractivity contribution < 1.29 is 23.9 Å². The molecule has 2 atom stereocenters. The van der Waals surface area contributed by atoms with E-state index in [1.165, 1.54) is 0 Å². The topological polar surface area (TPSA) is 97.0 Å². The Morgan fingerprint density at radius 2 is 1.59 bits per heavy atom. The van der Waals surface area contributed by atoms with Gasteiger partial charge in [0.15, 0.2) is 0 Å². The molecule has 2 aromatic rings. The Labute approximate surface area is 233 Å². The van der Waals surface area contributed by atoms with Gasteiger partial charge in [-0.15, -0.1) is 0 Å². The van der Waals surface area contributed by atoms with Gasteiger partial charge in [0.2, 0.25) is 5.91 Å². The van der Waals surface area contributed by atoms with E-state index in [-0.39, 0.29) is 11.8 Å². The predicted octanol–water partition coefficient (Wildman–Crippen LogP) is 6.40. The van der Waals surface area contributed by atoms with Crippen molar-refractivity contribution in [3.8, 4) is 5.75 Å². The second-order valence-corrected chi connectivity index (χ2v) is 10.8. The molecule has 2 aromatic carbocycles. The van der Waals surface area contributed by atoms with Crippen molar-refractivity contribution >= 4 is 23.6 Å². The van der Waals surface area contributed by atoms with E-state index in [1.807, 2.05) is 31.2 Å². The van der Waals surface area contributed by atoms with Crippen LogP contribution in [-0.2, 0) is 14.3 Å². The summed E-state index contributed by atoms with van der Waals surface area (Å²) in [5.74, 6) is -0.00953. The summed E-state index contributed by atoms with van der Waals surface area (Å²) in [4.78, 5) is 41.8. The van der Waals surface area contributed by atoms with E-state index in [0.717, 1.165) is 43.2 Å². The second-order valence-electron chi connectivity index (χ2n) is 10.8. The van der Waals surface area contributed by atoms with Crippen LogP contribution in [0.2, 0.25) is 0 Å². The zero-order chi connectivity index (χ0) is 29.0. The Bertz CT molecular complexity index is 1080. The van der Waals surface area contributed by atoms with Gasteiger partial charge >= 0.3 is 6.09 Å². The summed E-state index contributed by atoms with van der Waals surface area (Å²) in [5, 5.41) is 5.63. The first-order chi connectivity index (χ1) is 18.5. The van der Waals surface area contributed by atoms with Crippen molar-refractivity contribution in [3.63, 3.8) is 0 Å². The van der Waals surface area contributed by atoms with Crippen LogP contribution in [0, 0.1) is 6.92 Å². The van der Waals surface area contributed by atoms with Crippen molar-refractivity contribution in [3.05, 3.63) is 59.7 Å². The fourth-order valence-electron chi connectivity index (χ4n) is 4.28. The molecule has 0 aliphatic rings. The molecule has 2 N–H and O–H groups in total. The number of carbonyl (C=O) groups excluding carboxylic acids is 3. The summed E-state index contributed by atoms with van der Waals surface area (Å²) in [5.41, 5.74) is 1.52. The SMILES string of the molecule is CCCCCCCN(C(=O)C(C)NC(=O)OC(C)(C)C)C(C(=O)Nc1ccc(OC)cc1)c1ccccc1C. The van der Waals surface area contributed by atoms with Gasteiger partial charge in [-0.1, -0.05) is 56.9 Å². The van der Waals surface area contributed by atoms with E-state index in [1.54, 1.807) is 64.0 Å². The number of benzene rings is 2. The van der Waals surface area contributed by atoms with Crippen molar-refractivity contribution in [2.45, 2.75) is 91.3 Å². The number of ether oxygens (including phenoxy) is 2. The largest absolute Gasteiger partial charge is 0.497 e. The molecule has 0 spiro atoms. The molecule has 3 amide bonds. The maximum absolute atomic E-state index is 13.9. The quantitative estimate of drug-likeness (QED) is 0.287. The lowest BCUT2D eigenvalue weighted by Crippen LogP contribution is -2.51. The van der Waals surface area contributed by atoms with Gasteiger partial charge in [0.1, 0.15) is 23.4 Å². The normalized spacial score (nSPS) is 12.7. The molecule has 0 bridgehead atoms. The molecule has 0 heterocycles. The number of hydrogen-bond donors (Lipinski definition) is 2. The lowest BCUT2D eigenvalue weighted by Gasteiger charge is -2.34. The van der Waals surface area contributed by atoms with Gasteiger partial charge in [0.25, 0.3) is 5.91 Å². The summed E-state index contributed by atoms with van der Waals surface area (Å²) in [6.07, 6.45) is 4.27. The third-order valence-corrected chi connectivity index (χ3v) is 6.29. The summed E-state index contributed by atoms with van der Waals surface area (Å²) in [6, 6.07) is 12.8. The van der Waals surface area contributed by atoms with E-state index < -0.39 is 23.8 Å². The molecule has 0 saturated carbocycles. The molecule has 8 heteroatoms. The van der Waals surface area contributed by atoms with Crippen molar-refractivity contribution in [2.24, 2.45) is 0 Å². The van der Waals surface area contributed by atoms with E-state index in [9.17, 15) is 14.4 Å².